The molecule has 7 nitrogen and oxygen atoms in total. The monoisotopic (exact) mass is 428 g/mol. The average molecular weight is 428 g/mol. The van der Waals surface area contributed by atoms with E-state index in [0.717, 1.165) is 42.9 Å². The molecule has 1 aliphatic rings. The van der Waals surface area contributed by atoms with Crippen LogP contribution >= 0.6 is 0 Å². The Morgan fingerprint density at radius 1 is 1.16 bits per heavy atom. The van der Waals surface area contributed by atoms with Gasteiger partial charge in [0.05, 0.1) is 5.69 Å². The molecular formula is C21H19F3N6O. The number of rotatable bonds is 6. The van der Waals surface area contributed by atoms with Crippen molar-refractivity contribution in [1.82, 2.24) is 15.2 Å². The maximum Gasteiger partial charge on any atom is 0.573 e. The van der Waals surface area contributed by atoms with Gasteiger partial charge in [0.1, 0.15) is 17.6 Å². The fourth-order valence-electron chi connectivity index (χ4n) is 3.47. The normalized spacial score (nSPS) is 13.8. The number of aromatic amines is 1. The summed E-state index contributed by atoms with van der Waals surface area (Å²) in [7, 11) is 0. The Kier molecular flexibility index (Phi) is 5.66. The van der Waals surface area contributed by atoms with E-state index in [4.69, 9.17) is 5.26 Å². The zero-order chi connectivity index (χ0) is 21.8. The predicted molar refractivity (Wildman–Crippen MR) is 108 cm³/mol. The molecule has 0 spiro atoms. The molecule has 0 atom stereocenters. The van der Waals surface area contributed by atoms with E-state index in [1.165, 1.54) is 24.3 Å². The highest BCUT2D eigenvalue weighted by atomic mass is 19.4. The molecule has 2 aromatic heterocycles. The highest BCUT2D eigenvalue weighted by molar-refractivity contribution is 5.74. The minimum atomic E-state index is -4.72. The number of anilines is 2. The van der Waals surface area contributed by atoms with Gasteiger partial charge in [-0.15, -0.1) is 13.2 Å². The SMILES string of the molecule is N#Cc1cc(-c2cc(CNc3ccc(OC(F)(F)F)cc3)cnc2N2CCCC2)[nH]n1. The Hall–Kier alpha value is -3.74. The first-order valence-corrected chi connectivity index (χ1v) is 9.71. The molecule has 4 rings (SSSR count). The lowest BCUT2D eigenvalue weighted by Gasteiger charge is -2.20. The highest BCUT2D eigenvalue weighted by Gasteiger charge is 2.31. The predicted octanol–water partition coefficient (Wildman–Crippen LogP) is 4.45. The van der Waals surface area contributed by atoms with Crippen molar-refractivity contribution in [2.24, 2.45) is 0 Å². The number of alkyl halides is 3. The summed E-state index contributed by atoms with van der Waals surface area (Å²) >= 11 is 0. The Morgan fingerprint density at radius 3 is 2.55 bits per heavy atom. The van der Waals surface area contributed by atoms with E-state index >= 15 is 0 Å². The summed E-state index contributed by atoms with van der Waals surface area (Å²) in [4.78, 5) is 6.86. The minimum absolute atomic E-state index is 0.274. The second kappa shape index (κ2) is 8.55. The quantitative estimate of drug-likeness (QED) is 0.603. The maximum absolute atomic E-state index is 12.3. The van der Waals surface area contributed by atoms with Crippen LogP contribution in [0.15, 0.2) is 42.6 Å². The van der Waals surface area contributed by atoms with Gasteiger partial charge >= 0.3 is 6.36 Å². The molecule has 0 saturated carbocycles. The van der Waals surface area contributed by atoms with Gasteiger partial charge < -0.3 is 15.0 Å². The molecule has 3 aromatic rings. The maximum atomic E-state index is 12.3. The van der Waals surface area contributed by atoms with E-state index in [1.807, 2.05) is 12.1 Å². The number of halogens is 3. The number of nitriles is 1. The van der Waals surface area contributed by atoms with E-state index in [1.54, 1.807) is 12.3 Å². The first-order chi connectivity index (χ1) is 14.9. The summed E-state index contributed by atoms with van der Waals surface area (Å²) in [6, 6.07) is 11.2. The zero-order valence-corrected chi connectivity index (χ0v) is 16.4. The summed E-state index contributed by atoms with van der Waals surface area (Å²) in [6.07, 6.45) is -0.741. The van der Waals surface area contributed by atoms with Crippen LogP contribution in [0.1, 0.15) is 24.1 Å². The van der Waals surface area contributed by atoms with Crippen molar-refractivity contribution in [3.63, 3.8) is 0 Å². The second-order valence-corrected chi connectivity index (χ2v) is 7.11. The van der Waals surface area contributed by atoms with Crippen molar-refractivity contribution in [2.75, 3.05) is 23.3 Å². The number of hydrogen-bond acceptors (Lipinski definition) is 6. The van der Waals surface area contributed by atoms with Crippen LogP contribution in [0.3, 0.4) is 0 Å². The number of pyridine rings is 1. The van der Waals surface area contributed by atoms with Gasteiger partial charge in [0, 0.05) is 43.1 Å². The van der Waals surface area contributed by atoms with E-state index in [0.29, 0.717) is 23.6 Å². The van der Waals surface area contributed by atoms with Crippen molar-refractivity contribution in [1.29, 1.82) is 5.26 Å². The first-order valence-electron chi connectivity index (χ1n) is 9.71. The Morgan fingerprint density at radius 2 is 1.90 bits per heavy atom. The lowest BCUT2D eigenvalue weighted by Crippen LogP contribution is -2.20. The van der Waals surface area contributed by atoms with E-state index in [9.17, 15) is 13.2 Å². The molecule has 0 bridgehead atoms. The summed E-state index contributed by atoms with van der Waals surface area (Å²) in [5.41, 5.74) is 3.38. The van der Waals surface area contributed by atoms with Crippen LogP contribution in [-0.2, 0) is 6.54 Å². The molecule has 1 aromatic carbocycles. The molecule has 1 aliphatic heterocycles. The van der Waals surface area contributed by atoms with Gasteiger partial charge in [-0.1, -0.05) is 0 Å². The van der Waals surface area contributed by atoms with E-state index in [2.05, 4.69) is 30.1 Å². The highest BCUT2D eigenvalue weighted by Crippen LogP contribution is 2.31. The summed E-state index contributed by atoms with van der Waals surface area (Å²) in [5, 5.41) is 19.1. The average Bonchev–Trinajstić information content (AvgIpc) is 3.44. The third-order valence-electron chi connectivity index (χ3n) is 4.90. The first kappa shape index (κ1) is 20.5. The summed E-state index contributed by atoms with van der Waals surface area (Å²) in [6.45, 7) is 2.26. The van der Waals surface area contributed by atoms with Crippen molar-refractivity contribution in [2.45, 2.75) is 25.7 Å². The van der Waals surface area contributed by atoms with Crippen LogP contribution < -0.4 is 15.0 Å². The van der Waals surface area contributed by atoms with Gasteiger partial charge in [0.2, 0.25) is 0 Å². The largest absolute Gasteiger partial charge is 0.573 e. The molecule has 1 saturated heterocycles. The van der Waals surface area contributed by atoms with Crippen LogP contribution in [0.2, 0.25) is 0 Å². The molecule has 2 N–H and O–H groups in total. The molecule has 160 valence electrons. The van der Waals surface area contributed by atoms with E-state index < -0.39 is 6.36 Å². The number of ether oxygens (including phenoxy) is 1. The Labute approximate surface area is 176 Å². The Balaban J connectivity index is 1.52. The fraction of sp³-hybridized carbons (Fsp3) is 0.286. The van der Waals surface area contributed by atoms with Crippen molar-refractivity contribution in [3.8, 4) is 23.1 Å². The van der Waals surface area contributed by atoms with Gasteiger partial charge in [-0.05, 0) is 48.7 Å². The number of nitrogens with one attached hydrogen (secondary N) is 2. The molecule has 10 heteroatoms. The van der Waals surface area contributed by atoms with Crippen LogP contribution in [0, 0.1) is 11.3 Å². The molecule has 0 radical (unpaired) electrons. The van der Waals surface area contributed by atoms with Gasteiger partial charge in [-0.3, -0.25) is 5.10 Å². The van der Waals surface area contributed by atoms with Crippen LogP contribution in [0.25, 0.3) is 11.3 Å². The fourth-order valence-corrected chi connectivity index (χ4v) is 3.47. The summed E-state index contributed by atoms with van der Waals surface area (Å²) < 4.78 is 40.7. The number of benzene rings is 1. The third-order valence-corrected chi connectivity index (χ3v) is 4.90. The van der Waals surface area contributed by atoms with E-state index in [-0.39, 0.29) is 5.75 Å². The van der Waals surface area contributed by atoms with Gasteiger partial charge in [0.25, 0.3) is 0 Å². The second-order valence-electron chi connectivity index (χ2n) is 7.11. The van der Waals surface area contributed by atoms with Crippen molar-refractivity contribution < 1.29 is 17.9 Å². The number of H-pyrrole nitrogens is 1. The Bertz CT molecular complexity index is 1080. The van der Waals surface area contributed by atoms with Crippen LogP contribution in [0.5, 0.6) is 5.75 Å². The lowest BCUT2D eigenvalue weighted by molar-refractivity contribution is -0.274. The molecule has 0 amide bonds. The minimum Gasteiger partial charge on any atom is -0.406 e. The molecular weight excluding hydrogens is 409 g/mol. The van der Waals surface area contributed by atoms with Crippen molar-refractivity contribution in [3.05, 3.63) is 53.9 Å². The molecule has 1 fully saturated rings. The van der Waals surface area contributed by atoms with Gasteiger partial charge in [0.15, 0.2) is 5.69 Å². The van der Waals surface area contributed by atoms with Crippen LogP contribution in [-0.4, -0.2) is 34.6 Å². The number of aromatic nitrogens is 3. The lowest BCUT2D eigenvalue weighted by atomic mass is 10.1. The zero-order valence-electron chi connectivity index (χ0n) is 16.4. The van der Waals surface area contributed by atoms with Crippen molar-refractivity contribution >= 4 is 11.5 Å². The summed E-state index contributed by atoms with van der Waals surface area (Å²) in [5.74, 6) is 0.563. The smallest absolute Gasteiger partial charge is 0.406 e. The van der Waals surface area contributed by atoms with Gasteiger partial charge in [-0.2, -0.15) is 10.4 Å². The molecule has 0 unspecified atom stereocenters. The molecule has 31 heavy (non-hydrogen) atoms. The number of nitrogens with zero attached hydrogens (tertiary/aromatic N) is 4. The topological polar surface area (TPSA) is 89.9 Å². The molecule has 3 heterocycles. The standard InChI is InChI=1S/C21H19F3N6O/c22-21(23,24)31-17-5-3-15(4-6-17)26-12-14-9-18(19-10-16(11-25)28-29-19)20(27-13-14)30-7-1-2-8-30/h3-6,9-10,13,26H,1-2,7-8,12H2,(H,28,29). The van der Waals surface area contributed by atoms with Crippen LogP contribution in [0.4, 0.5) is 24.7 Å². The molecule has 0 aliphatic carbocycles. The number of hydrogen-bond donors (Lipinski definition) is 2. The third kappa shape index (κ3) is 5.06. The van der Waals surface area contributed by atoms with Gasteiger partial charge in [-0.25, -0.2) is 4.98 Å².